The third kappa shape index (κ3) is 5.02. The van der Waals surface area contributed by atoms with Crippen molar-refractivity contribution in [1.29, 1.82) is 0 Å². The molecule has 1 aliphatic carbocycles. The highest BCUT2D eigenvalue weighted by Gasteiger charge is 2.35. The number of rotatable bonds is 2. The first-order valence-corrected chi connectivity index (χ1v) is 10.2. The van der Waals surface area contributed by atoms with Gasteiger partial charge in [-0.15, -0.1) is 0 Å². The number of fused-ring (bicyclic) bond motifs is 1. The van der Waals surface area contributed by atoms with Gasteiger partial charge in [0, 0.05) is 6.54 Å². The second-order valence-electron chi connectivity index (χ2n) is 8.69. The van der Waals surface area contributed by atoms with E-state index in [0.717, 1.165) is 38.5 Å². The fourth-order valence-corrected chi connectivity index (χ4v) is 4.09. The highest BCUT2D eigenvalue weighted by Crippen LogP contribution is 2.30. The van der Waals surface area contributed by atoms with Crippen molar-refractivity contribution < 1.29 is 14.3 Å². The lowest BCUT2D eigenvalue weighted by Gasteiger charge is -2.33. The maximum atomic E-state index is 13.1. The SMILES string of the molecule is CC(C)(C)OC(=O)N1CCCCC[C@H]1C(=O)N[C@@H]1CCCc2ccccc21. The van der Waals surface area contributed by atoms with Crippen molar-refractivity contribution in [3.05, 3.63) is 35.4 Å². The molecule has 0 unspecified atom stereocenters. The van der Waals surface area contributed by atoms with Crippen LogP contribution in [-0.4, -0.2) is 35.1 Å². The highest BCUT2D eigenvalue weighted by atomic mass is 16.6. The number of carbonyl (C=O) groups is 2. The van der Waals surface area contributed by atoms with Crippen molar-refractivity contribution in [2.45, 2.75) is 83.4 Å². The van der Waals surface area contributed by atoms with Crippen LogP contribution in [0.15, 0.2) is 24.3 Å². The molecule has 27 heavy (non-hydrogen) atoms. The van der Waals surface area contributed by atoms with Crippen molar-refractivity contribution in [1.82, 2.24) is 10.2 Å². The van der Waals surface area contributed by atoms with Crippen molar-refractivity contribution >= 4 is 12.0 Å². The van der Waals surface area contributed by atoms with E-state index in [1.54, 1.807) is 4.90 Å². The third-order valence-electron chi connectivity index (χ3n) is 5.37. The van der Waals surface area contributed by atoms with Gasteiger partial charge in [0.05, 0.1) is 6.04 Å². The second kappa shape index (κ2) is 8.32. The molecule has 1 aromatic rings. The summed E-state index contributed by atoms with van der Waals surface area (Å²) in [6.45, 7) is 6.15. The molecule has 0 radical (unpaired) electrons. The predicted molar refractivity (Wildman–Crippen MR) is 105 cm³/mol. The van der Waals surface area contributed by atoms with Gasteiger partial charge in [-0.3, -0.25) is 9.69 Å². The number of benzene rings is 1. The zero-order valence-electron chi connectivity index (χ0n) is 16.8. The van der Waals surface area contributed by atoms with Gasteiger partial charge in [-0.2, -0.15) is 0 Å². The molecule has 0 aromatic heterocycles. The number of ether oxygens (including phenoxy) is 1. The summed E-state index contributed by atoms with van der Waals surface area (Å²) in [5, 5.41) is 3.23. The largest absolute Gasteiger partial charge is 0.444 e. The van der Waals surface area contributed by atoms with Gasteiger partial charge in [-0.25, -0.2) is 4.79 Å². The Morgan fingerprint density at radius 2 is 1.85 bits per heavy atom. The van der Waals surface area contributed by atoms with Crippen LogP contribution in [0.25, 0.3) is 0 Å². The Kier molecular flexibility index (Phi) is 6.08. The quantitative estimate of drug-likeness (QED) is 0.839. The Bertz CT molecular complexity index is 680. The number of nitrogens with zero attached hydrogens (tertiary/aromatic N) is 1. The van der Waals surface area contributed by atoms with Crippen LogP contribution in [0.5, 0.6) is 0 Å². The zero-order valence-corrected chi connectivity index (χ0v) is 16.8. The molecule has 0 spiro atoms. The molecule has 1 N–H and O–H groups in total. The van der Waals surface area contributed by atoms with Gasteiger partial charge < -0.3 is 10.1 Å². The lowest BCUT2D eigenvalue weighted by atomic mass is 9.87. The van der Waals surface area contributed by atoms with E-state index in [0.29, 0.717) is 13.0 Å². The monoisotopic (exact) mass is 372 g/mol. The molecule has 148 valence electrons. The van der Waals surface area contributed by atoms with Crippen LogP contribution in [0.1, 0.15) is 76.5 Å². The summed E-state index contributed by atoms with van der Waals surface area (Å²) in [5.41, 5.74) is 1.97. The van der Waals surface area contributed by atoms with Crippen LogP contribution < -0.4 is 5.32 Å². The molecule has 1 fully saturated rings. The Hall–Kier alpha value is -2.04. The number of amides is 2. The van der Waals surface area contributed by atoms with Gasteiger partial charge >= 0.3 is 6.09 Å². The van der Waals surface area contributed by atoms with E-state index in [4.69, 9.17) is 4.74 Å². The molecule has 2 atom stereocenters. The molecule has 1 aromatic carbocycles. The molecular weight excluding hydrogens is 340 g/mol. The maximum absolute atomic E-state index is 13.1. The van der Waals surface area contributed by atoms with Gasteiger partial charge in [-0.1, -0.05) is 37.1 Å². The normalized spacial score (nSPS) is 23.1. The lowest BCUT2D eigenvalue weighted by molar-refractivity contribution is -0.127. The summed E-state index contributed by atoms with van der Waals surface area (Å²) in [6, 6.07) is 7.92. The molecule has 1 saturated heterocycles. The first kappa shape index (κ1) is 19.7. The minimum atomic E-state index is -0.563. The predicted octanol–water partition coefficient (Wildman–Crippen LogP) is 4.36. The molecule has 1 heterocycles. The molecule has 5 nitrogen and oxygen atoms in total. The fraction of sp³-hybridized carbons (Fsp3) is 0.636. The number of hydrogen-bond acceptors (Lipinski definition) is 3. The minimum Gasteiger partial charge on any atom is -0.444 e. The summed E-state index contributed by atoms with van der Waals surface area (Å²) in [6.07, 6.45) is 6.30. The Morgan fingerprint density at radius 1 is 1.07 bits per heavy atom. The number of likely N-dealkylation sites (tertiary alicyclic amines) is 1. The number of nitrogens with one attached hydrogen (secondary N) is 1. The number of carbonyl (C=O) groups excluding carboxylic acids is 2. The van der Waals surface area contributed by atoms with Crippen molar-refractivity contribution in [2.24, 2.45) is 0 Å². The lowest BCUT2D eigenvalue weighted by Crippen LogP contribution is -2.51. The van der Waals surface area contributed by atoms with E-state index >= 15 is 0 Å². The zero-order chi connectivity index (χ0) is 19.4. The fourth-order valence-electron chi connectivity index (χ4n) is 4.09. The smallest absolute Gasteiger partial charge is 0.410 e. The standard InChI is InChI=1S/C22H32N2O3/c1-22(2,3)27-21(26)24-15-8-4-5-14-19(24)20(25)23-18-13-9-11-16-10-6-7-12-17(16)18/h6-7,10,12,18-19H,4-5,8-9,11,13-15H2,1-3H3,(H,23,25)/t18-,19+/m1/s1. The second-order valence-corrected chi connectivity index (χ2v) is 8.69. The number of hydrogen-bond donors (Lipinski definition) is 1. The summed E-state index contributed by atoms with van der Waals surface area (Å²) < 4.78 is 5.57. The Balaban J connectivity index is 1.74. The molecule has 3 rings (SSSR count). The Labute approximate surface area is 162 Å². The van der Waals surface area contributed by atoms with Crippen LogP contribution in [0.4, 0.5) is 4.79 Å². The van der Waals surface area contributed by atoms with Crippen LogP contribution in [0.3, 0.4) is 0 Å². The van der Waals surface area contributed by atoms with Crippen LogP contribution >= 0.6 is 0 Å². The van der Waals surface area contributed by atoms with Crippen LogP contribution in [0.2, 0.25) is 0 Å². The number of aryl methyl sites for hydroxylation is 1. The maximum Gasteiger partial charge on any atom is 0.410 e. The molecule has 2 amide bonds. The average Bonchev–Trinajstić information content (AvgIpc) is 2.87. The summed E-state index contributed by atoms with van der Waals surface area (Å²) in [5.74, 6) is -0.0514. The van der Waals surface area contributed by atoms with E-state index < -0.39 is 11.6 Å². The van der Waals surface area contributed by atoms with E-state index in [9.17, 15) is 9.59 Å². The molecular formula is C22H32N2O3. The molecule has 1 aliphatic heterocycles. The summed E-state index contributed by atoms with van der Waals surface area (Å²) >= 11 is 0. The van der Waals surface area contributed by atoms with E-state index in [-0.39, 0.29) is 18.0 Å². The molecule has 0 bridgehead atoms. The van der Waals surface area contributed by atoms with E-state index in [2.05, 4.69) is 23.5 Å². The van der Waals surface area contributed by atoms with Gasteiger partial charge in [0.2, 0.25) is 5.91 Å². The molecule has 0 saturated carbocycles. The van der Waals surface area contributed by atoms with Crippen LogP contribution in [0, 0.1) is 0 Å². The van der Waals surface area contributed by atoms with Gasteiger partial charge in [0.1, 0.15) is 11.6 Å². The van der Waals surface area contributed by atoms with Crippen LogP contribution in [-0.2, 0) is 16.0 Å². The first-order valence-electron chi connectivity index (χ1n) is 10.2. The highest BCUT2D eigenvalue weighted by molar-refractivity contribution is 5.86. The average molecular weight is 373 g/mol. The summed E-state index contributed by atoms with van der Waals surface area (Å²) in [4.78, 5) is 27.5. The Morgan fingerprint density at radius 3 is 2.63 bits per heavy atom. The van der Waals surface area contributed by atoms with Crippen molar-refractivity contribution in [3.63, 3.8) is 0 Å². The van der Waals surface area contributed by atoms with Gasteiger partial charge in [0.15, 0.2) is 0 Å². The van der Waals surface area contributed by atoms with E-state index in [1.165, 1.54) is 11.1 Å². The van der Waals surface area contributed by atoms with Gasteiger partial charge in [-0.05, 0) is 64.0 Å². The van der Waals surface area contributed by atoms with Gasteiger partial charge in [0.25, 0.3) is 0 Å². The topological polar surface area (TPSA) is 58.6 Å². The minimum absolute atomic E-state index is 0.0335. The van der Waals surface area contributed by atoms with E-state index in [1.807, 2.05) is 26.8 Å². The molecule has 5 heteroatoms. The van der Waals surface area contributed by atoms with Crippen molar-refractivity contribution in [3.8, 4) is 0 Å². The molecule has 2 aliphatic rings. The van der Waals surface area contributed by atoms with Crippen molar-refractivity contribution in [2.75, 3.05) is 6.54 Å². The summed E-state index contributed by atoms with van der Waals surface area (Å²) in [7, 11) is 0. The third-order valence-corrected chi connectivity index (χ3v) is 5.37. The first-order chi connectivity index (χ1) is 12.8.